The van der Waals surface area contributed by atoms with Crippen LogP contribution in [-0.2, 0) is 0 Å². The standard InChI is InChI=1S/C15H15ClIN3O/c1-2-6-18-14-8-12(13(16)9-19-14)15(21)20-11-5-3-4-10(17)7-11/h3-5,7-9H,2,6H2,1H3,(H,18,19)(H,20,21). The molecule has 2 N–H and O–H groups in total. The van der Waals surface area contributed by atoms with Crippen LogP contribution in [-0.4, -0.2) is 17.4 Å². The summed E-state index contributed by atoms with van der Waals surface area (Å²) in [6, 6.07) is 9.25. The lowest BCUT2D eigenvalue weighted by molar-refractivity contribution is 0.102. The Bertz CT molecular complexity index is 649. The van der Waals surface area contributed by atoms with E-state index in [-0.39, 0.29) is 5.91 Å². The molecule has 0 saturated carbocycles. The van der Waals surface area contributed by atoms with Gasteiger partial charge in [0.2, 0.25) is 0 Å². The number of amides is 1. The topological polar surface area (TPSA) is 54.0 Å². The minimum Gasteiger partial charge on any atom is -0.370 e. The van der Waals surface area contributed by atoms with E-state index in [1.807, 2.05) is 24.3 Å². The fourth-order valence-electron chi connectivity index (χ4n) is 1.73. The molecule has 1 heterocycles. The van der Waals surface area contributed by atoms with E-state index in [0.717, 1.165) is 22.2 Å². The number of rotatable bonds is 5. The van der Waals surface area contributed by atoms with Crippen molar-refractivity contribution in [1.82, 2.24) is 4.98 Å². The lowest BCUT2D eigenvalue weighted by Crippen LogP contribution is -2.14. The number of anilines is 2. The van der Waals surface area contributed by atoms with Gasteiger partial charge in [-0.25, -0.2) is 4.98 Å². The van der Waals surface area contributed by atoms with Crippen molar-refractivity contribution in [1.29, 1.82) is 0 Å². The maximum Gasteiger partial charge on any atom is 0.257 e. The number of carbonyl (C=O) groups is 1. The highest BCUT2D eigenvalue weighted by atomic mass is 127. The number of hydrogen-bond acceptors (Lipinski definition) is 3. The Morgan fingerprint density at radius 2 is 2.19 bits per heavy atom. The number of aromatic nitrogens is 1. The summed E-state index contributed by atoms with van der Waals surface area (Å²) in [5, 5.41) is 6.31. The second-order valence-electron chi connectivity index (χ2n) is 4.44. The molecule has 0 bridgehead atoms. The van der Waals surface area contributed by atoms with Gasteiger partial charge in [-0.05, 0) is 53.3 Å². The van der Waals surface area contributed by atoms with Crippen molar-refractivity contribution in [2.24, 2.45) is 0 Å². The van der Waals surface area contributed by atoms with Crippen molar-refractivity contribution in [2.75, 3.05) is 17.2 Å². The molecule has 0 aliphatic rings. The second kappa shape index (κ2) is 7.61. The van der Waals surface area contributed by atoms with Gasteiger partial charge in [0.05, 0.1) is 10.6 Å². The van der Waals surface area contributed by atoms with Gasteiger partial charge >= 0.3 is 0 Å². The molecule has 2 rings (SSSR count). The van der Waals surface area contributed by atoms with Gasteiger partial charge in [-0.3, -0.25) is 4.79 Å². The van der Waals surface area contributed by atoms with Gasteiger partial charge in [0.25, 0.3) is 5.91 Å². The summed E-state index contributed by atoms with van der Waals surface area (Å²) in [5.41, 5.74) is 1.15. The SMILES string of the molecule is CCCNc1cc(C(=O)Nc2cccc(I)c2)c(Cl)cn1. The molecule has 0 spiro atoms. The van der Waals surface area contributed by atoms with E-state index in [4.69, 9.17) is 11.6 Å². The zero-order valence-corrected chi connectivity index (χ0v) is 14.4. The summed E-state index contributed by atoms with van der Waals surface area (Å²) in [5.74, 6) is 0.401. The summed E-state index contributed by atoms with van der Waals surface area (Å²) in [7, 11) is 0. The zero-order valence-electron chi connectivity index (χ0n) is 11.5. The average Bonchev–Trinajstić information content (AvgIpc) is 2.46. The molecule has 1 amide bonds. The van der Waals surface area contributed by atoms with Crippen molar-refractivity contribution in [3.8, 4) is 0 Å². The molecule has 6 heteroatoms. The highest BCUT2D eigenvalue weighted by Crippen LogP contribution is 2.20. The van der Waals surface area contributed by atoms with Gasteiger partial charge in [0.15, 0.2) is 0 Å². The predicted octanol–water partition coefficient (Wildman–Crippen LogP) is 4.41. The molecule has 1 aromatic carbocycles. The number of benzene rings is 1. The third kappa shape index (κ3) is 4.57. The van der Waals surface area contributed by atoms with Gasteiger partial charge in [0.1, 0.15) is 5.82 Å². The monoisotopic (exact) mass is 415 g/mol. The Balaban J connectivity index is 2.18. The van der Waals surface area contributed by atoms with Crippen LogP contribution >= 0.6 is 34.2 Å². The third-order valence-corrected chi connectivity index (χ3v) is 3.71. The number of carbonyl (C=O) groups excluding carboxylic acids is 1. The summed E-state index contributed by atoms with van der Waals surface area (Å²) in [6.07, 6.45) is 2.47. The van der Waals surface area contributed by atoms with Crippen LogP contribution in [0.2, 0.25) is 5.02 Å². The Morgan fingerprint density at radius 3 is 2.90 bits per heavy atom. The van der Waals surface area contributed by atoms with Gasteiger partial charge < -0.3 is 10.6 Å². The first-order chi connectivity index (χ1) is 10.1. The van der Waals surface area contributed by atoms with Gasteiger partial charge in [-0.1, -0.05) is 24.6 Å². The normalized spacial score (nSPS) is 10.2. The molecule has 0 aliphatic heterocycles. The van der Waals surface area contributed by atoms with Gasteiger partial charge in [-0.2, -0.15) is 0 Å². The Labute approximate surface area is 142 Å². The minimum absolute atomic E-state index is 0.246. The lowest BCUT2D eigenvalue weighted by Gasteiger charge is -2.09. The van der Waals surface area contributed by atoms with Crippen molar-refractivity contribution in [3.05, 3.63) is 50.7 Å². The van der Waals surface area contributed by atoms with E-state index >= 15 is 0 Å². The molecular formula is C15H15ClIN3O. The first-order valence-electron chi connectivity index (χ1n) is 6.56. The zero-order chi connectivity index (χ0) is 15.2. The molecule has 0 saturated heterocycles. The third-order valence-electron chi connectivity index (χ3n) is 2.74. The molecular weight excluding hydrogens is 401 g/mol. The first-order valence-corrected chi connectivity index (χ1v) is 8.02. The Kier molecular flexibility index (Phi) is 5.81. The number of nitrogens with one attached hydrogen (secondary N) is 2. The minimum atomic E-state index is -0.246. The first kappa shape index (κ1) is 16.0. The van der Waals surface area contributed by atoms with E-state index < -0.39 is 0 Å². The summed E-state index contributed by atoms with van der Waals surface area (Å²) >= 11 is 8.27. The number of hydrogen-bond donors (Lipinski definition) is 2. The van der Waals surface area contributed by atoms with E-state index in [9.17, 15) is 4.79 Å². The van der Waals surface area contributed by atoms with Crippen molar-refractivity contribution >= 4 is 51.6 Å². The summed E-state index contributed by atoms with van der Waals surface area (Å²) in [4.78, 5) is 16.5. The summed E-state index contributed by atoms with van der Waals surface area (Å²) < 4.78 is 1.05. The smallest absolute Gasteiger partial charge is 0.257 e. The van der Waals surface area contributed by atoms with Crippen LogP contribution in [0, 0.1) is 3.57 Å². The van der Waals surface area contributed by atoms with Crippen molar-refractivity contribution in [3.63, 3.8) is 0 Å². The highest BCUT2D eigenvalue weighted by Gasteiger charge is 2.12. The van der Waals surface area contributed by atoms with Crippen LogP contribution in [0.3, 0.4) is 0 Å². The molecule has 0 fully saturated rings. The van der Waals surface area contributed by atoms with Crippen LogP contribution in [0.5, 0.6) is 0 Å². The molecule has 2 aromatic rings. The Hall–Kier alpha value is -1.34. The van der Waals surface area contributed by atoms with E-state index in [1.54, 1.807) is 6.07 Å². The fraction of sp³-hybridized carbons (Fsp3) is 0.200. The molecule has 21 heavy (non-hydrogen) atoms. The maximum absolute atomic E-state index is 12.3. The molecule has 1 aromatic heterocycles. The maximum atomic E-state index is 12.3. The molecule has 0 radical (unpaired) electrons. The van der Waals surface area contributed by atoms with Crippen LogP contribution in [0.4, 0.5) is 11.5 Å². The number of halogens is 2. The van der Waals surface area contributed by atoms with Crippen LogP contribution in [0.25, 0.3) is 0 Å². The summed E-state index contributed by atoms with van der Waals surface area (Å²) in [6.45, 7) is 2.86. The quantitative estimate of drug-likeness (QED) is 0.711. The van der Waals surface area contributed by atoms with Crippen molar-refractivity contribution in [2.45, 2.75) is 13.3 Å². The highest BCUT2D eigenvalue weighted by molar-refractivity contribution is 14.1. The van der Waals surface area contributed by atoms with Crippen LogP contribution in [0.1, 0.15) is 23.7 Å². The van der Waals surface area contributed by atoms with E-state index in [0.29, 0.717) is 16.4 Å². The molecule has 0 atom stereocenters. The van der Waals surface area contributed by atoms with E-state index in [2.05, 4.69) is 45.1 Å². The molecule has 0 aliphatic carbocycles. The van der Waals surface area contributed by atoms with Crippen LogP contribution in [0.15, 0.2) is 36.5 Å². The lowest BCUT2D eigenvalue weighted by atomic mass is 10.2. The predicted molar refractivity (Wildman–Crippen MR) is 95.1 cm³/mol. The molecule has 4 nitrogen and oxygen atoms in total. The second-order valence-corrected chi connectivity index (χ2v) is 6.09. The number of pyridine rings is 1. The van der Waals surface area contributed by atoms with Crippen LogP contribution < -0.4 is 10.6 Å². The Morgan fingerprint density at radius 1 is 1.38 bits per heavy atom. The molecule has 110 valence electrons. The largest absolute Gasteiger partial charge is 0.370 e. The molecule has 0 unspecified atom stereocenters. The van der Waals surface area contributed by atoms with Gasteiger partial charge in [0, 0.05) is 22.0 Å². The van der Waals surface area contributed by atoms with E-state index in [1.165, 1.54) is 6.20 Å². The fourth-order valence-corrected chi connectivity index (χ4v) is 2.46. The van der Waals surface area contributed by atoms with Gasteiger partial charge in [-0.15, -0.1) is 0 Å². The number of nitrogens with zero attached hydrogens (tertiary/aromatic N) is 1. The average molecular weight is 416 g/mol. The van der Waals surface area contributed by atoms with Crippen molar-refractivity contribution < 1.29 is 4.79 Å².